The second-order valence-electron chi connectivity index (χ2n) is 7.21. The Kier molecular flexibility index (Phi) is 8.23. The fourth-order valence-electron chi connectivity index (χ4n) is 2.82. The van der Waals surface area contributed by atoms with Crippen LogP contribution >= 0.6 is 15.9 Å². The number of anilines is 3. The zero-order valence-electron chi connectivity index (χ0n) is 17.8. The summed E-state index contributed by atoms with van der Waals surface area (Å²) in [5.74, 6) is 0.127. The molecule has 3 aromatic rings. The van der Waals surface area contributed by atoms with Gasteiger partial charge >= 0.3 is 0 Å². The molecule has 0 fully saturated rings. The number of carbonyl (C=O) groups is 2. The van der Waals surface area contributed by atoms with E-state index in [4.69, 9.17) is 0 Å². The summed E-state index contributed by atoms with van der Waals surface area (Å²) in [6.07, 6.45) is 6.21. The topological polar surface area (TPSA) is 112 Å². The van der Waals surface area contributed by atoms with Gasteiger partial charge in [-0.2, -0.15) is 0 Å². The predicted molar refractivity (Wildman–Crippen MR) is 129 cm³/mol. The fraction of sp³-hybridized carbons (Fsp3) is 0.227. The lowest BCUT2D eigenvalue weighted by Gasteiger charge is -2.10. The van der Waals surface area contributed by atoms with Crippen LogP contribution in [0.15, 0.2) is 59.5 Å². The first-order valence-electron chi connectivity index (χ1n) is 9.95. The molecule has 0 radical (unpaired) electrons. The van der Waals surface area contributed by atoms with Crippen molar-refractivity contribution in [2.45, 2.75) is 6.42 Å². The van der Waals surface area contributed by atoms with Crippen molar-refractivity contribution in [1.29, 1.82) is 0 Å². The second kappa shape index (κ2) is 11.3. The van der Waals surface area contributed by atoms with Gasteiger partial charge < -0.3 is 20.9 Å². The standard InChI is InChI=1S/C22H24BrN7O2/c1-30(2)10-4-9-24-20(31)7-8-21(32)29-19-12-17-18(13-25-19)26-14-27-22(17)28-16-6-3-5-15(23)11-16/h3,5-8,11-14H,4,9-10H2,1-2H3,(H,24,31)(H,25,29,32)(H,26,27,28). The Morgan fingerprint density at radius 3 is 2.69 bits per heavy atom. The second-order valence-corrected chi connectivity index (χ2v) is 8.13. The SMILES string of the molecule is CN(C)CCCNC(=O)C=CC(=O)Nc1cc2c(Nc3cccc(Br)c3)ncnc2cn1. The normalized spacial score (nSPS) is 11.1. The molecule has 3 rings (SSSR count). The molecule has 2 heterocycles. The number of halogens is 1. The summed E-state index contributed by atoms with van der Waals surface area (Å²) >= 11 is 3.44. The molecule has 0 aliphatic heterocycles. The van der Waals surface area contributed by atoms with Crippen molar-refractivity contribution in [2.75, 3.05) is 37.8 Å². The molecule has 9 nitrogen and oxygen atoms in total. The van der Waals surface area contributed by atoms with E-state index in [1.165, 1.54) is 18.5 Å². The number of nitrogens with zero attached hydrogens (tertiary/aromatic N) is 4. The molecule has 1 aromatic carbocycles. The van der Waals surface area contributed by atoms with Crippen molar-refractivity contribution in [3.8, 4) is 0 Å². The Bertz CT molecular complexity index is 1130. The molecule has 0 unspecified atom stereocenters. The molecule has 10 heteroatoms. The number of nitrogens with one attached hydrogen (secondary N) is 3. The van der Waals surface area contributed by atoms with Gasteiger partial charge in [0.15, 0.2) is 0 Å². The molecular formula is C22H24BrN7O2. The molecule has 166 valence electrons. The van der Waals surface area contributed by atoms with E-state index in [-0.39, 0.29) is 5.91 Å². The third-order valence-corrected chi connectivity index (χ3v) is 4.82. The third kappa shape index (κ3) is 7.10. The molecule has 2 amide bonds. The predicted octanol–water partition coefficient (Wildman–Crippen LogP) is 3.09. The van der Waals surface area contributed by atoms with Crippen LogP contribution in [0, 0.1) is 0 Å². The van der Waals surface area contributed by atoms with E-state index in [0.29, 0.717) is 29.1 Å². The Morgan fingerprint density at radius 2 is 1.91 bits per heavy atom. The minimum atomic E-state index is -0.460. The zero-order valence-corrected chi connectivity index (χ0v) is 19.4. The maximum Gasteiger partial charge on any atom is 0.249 e. The van der Waals surface area contributed by atoms with Crippen LogP contribution < -0.4 is 16.0 Å². The summed E-state index contributed by atoms with van der Waals surface area (Å²) in [6.45, 7) is 1.42. The van der Waals surface area contributed by atoms with Crippen LogP contribution in [0.4, 0.5) is 17.3 Å². The first-order valence-corrected chi connectivity index (χ1v) is 10.7. The Hall–Kier alpha value is -3.37. The molecule has 0 saturated heterocycles. The zero-order chi connectivity index (χ0) is 22.9. The smallest absolute Gasteiger partial charge is 0.249 e. The van der Waals surface area contributed by atoms with E-state index in [1.807, 2.05) is 43.3 Å². The van der Waals surface area contributed by atoms with Crippen molar-refractivity contribution in [3.05, 3.63) is 59.5 Å². The number of aromatic nitrogens is 3. The summed E-state index contributed by atoms with van der Waals surface area (Å²) < 4.78 is 0.934. The van der Waals surface area contributed by atoms with Crippen molar-refractivity contribution < 1.29 is 9.59 Å². The van der Waals surface area contributed by atoms with Crippen LogP contribution in [0.3, 0.4) is 0 Å². The highest BCUT2D eigenvalue weighted by atomic mass is 79.9. The molecule has 0 bridgehead atoms. The number of amides is 2. The van der Waals surface area contributed by atoms with Gasteiger partial charge in [-0.1, -0.05) is 22.0 Å². The van der Waals surface area contributed by atoms with E-state index < -0.39 is 5.91 Å². The molecule has 32 heavy (non-hydrogen) atoms. The fourth-order valence-corrected chi connectivity index (χ4v) is 3.21. The van der Waals surface area contributed by atoms with Crippen molar-refractivity contribution in [2.24, 2.45) is 0 Å². The molecule has 0 aliphatic carbocycles. The molecule has 0 aliphatic rings. The van der Waals surface area contributed by atoms with Gasteiger partial charge in [0.05, 0.1) is 11.7 Å². The van der Waals surface area contributed by atoms with Gasteiger partial charge in [-0.25, -0.2) is 15.0 Å². The number of fused-ring (bicyclic) bond motifs is 1. The van der Waals surface area contributed by atoms with Crippen LogP contribution in [0.5, 0.6) is 0 Å². The first kappa shape index (κ1) is 23.3. The molecule has 3 N–H and O–H groups in total. The molecule has 2 aromatic heterocycles. The number of hydrogen-bond acceptors (Lipinski definition) is 7. The van der Waals surface area contributed by atoms with Gasteiger partial charge in [0.25, 0.3) is 0 Å². The van der Waals surface area contributed by atoms with Crippen molar-refractivity contribution in [1.82, 2.24) is 25.2 Å². The van der Waals surface area contributed by atoms with E-state index in [1.54, 1.807) is 12.3 Å². The van der Waals surface area contributed by atoms with Crippen molar-refractivity contribution >= 4 is 56.0 Å². The average Bonchev–Trinajstić information content (AvgIpc) is 2.76. The van der Waals surface area contributed by atoms with Gasteiger partial charge in [0.1, 0.15) is 18.0 Å². The molecule has 0 spiro atoms. The minimum absolute atomic E-state index is 0.320. The molecule has 0 saturated carbocycles. The Labute approximate surface area is 194 Å². The summed E-state index contributed by atoms with van der Waals surface area (Å²) in [5.41, 5.74) is 1.48. The number of benzene rings is 1. The maximum absolute atomic E-state index is 12.2. The summed E-state index contributed by atoms with van der Waals surface area (Å²) in [7, 11) is 3.94. The monoisotopic (exact) mass is 497 g/mol. The van der Waals surface area contributed by atoms with Crippen LogP contribution in [0.25, 0.3) is 10.9 Å². The summed E-state index contributed by atoms with van der Waals surface area (Å²) in [4.78, 5) is 38.8. The largest absolute Gasteiger partial charge is 0.353 e. The maximum atomic E-state index is 12.2. The van der Waals surface area contributed by atoms with E-state index in [2.05, 4.69) is 46.8 Å². The highest BCUT2D eigenvalue weighted by Gasteiger charge is 2.08. The first-order chi connectivity index (χ1) is 15.4. The third-order valence-electron chi connectivity index (χ3n) is 4.33. The lowest BCUT2D eigenvalue weighted by molar-refractivity contribution is -0.117. The minimum Gasteiger partial charge on any atom is -0.353 e. The highest BCUT2D eigenvalue weighted by molar-refractivity contribution is 9.10. The quantitative estimate of drug-likeness (QED) is 0.307. The van der Waals surface area contributed by atoms with Gasteiger partial charge in [-0.15, -0.1) is 0 Å². The summed E-state index contributed by atoms with van der Waals surface area (Å²) in [6, 6.07) is 9.36. The molecule has 0 atom stereocenters. The number of hydrogen-bond donors (Lipinski definition) is 3. The lowest BCUT2D eigenvalue weighted by Crippen LogP contribution is -2.25. The van der Waals surface area contributed by atoms with Gasteiger partial charge in [0, 0.05) is 34.2 Å². The number of carbonyl (C=O) groups excluding carboxylic acids is 2. The van der Waals surface area contributed by atoms with Gasteiger partial charge in [-0.05, 0) is 51.3 Å². The van der Waals surface area contributed by atoms with E-state index in [0.717, 1.165) is 23.1 Å². The van der Waals surface area contributed by atoms with Crippen LogP contribution in [-0.2, 0) is 9.59 Å². The van der Waals surface area contributed by atoms with E-state index >= 15 is 0 Å². The van der Waals surface area contributed by atoms with Crippen LogP contribution in [-0.4, -0.2) is 58.9 Å². The number of pyridine rings is 1. The number of rotatable bonds is 9. The van der Waals surface area contributed by atoms with E-state index in [9.17, 15) is 9.59 Å². The molecular weight excluding hydrogens is 474 g/mol. The Balaban J connectivity index is 1.64. The van der Waals surface area contributed by atoms with Gasteiger partial charge in [0.2, 0.25) is 11.8 Å². The van der Waals surface area contributed by atoms with Crippen LogP contribution in [0.1, 0.15) is 6.42 Å². The average molecular weight is 498 g/mol. The highest BCUT2D eigenvalue weighted by Crippen LogP contribution is 2.25. The van der Waals surface area contributed by atoms with Crippen LogP contribution in [0.2, 0.25) is 0 Å². The lowest BCUT2D eigenvalue weighted by atomic mass is 10.2. The van der Waals surface area contributed by atoms with Gasteiger partial charge in [-0.3, -0.25) is 9.59 Å². The van der Waals surface area contributed by atoms with Crippen molar-refractivity contribution in [3.63, 3.8) is 0 Å². The Morgan fingerprint density at radius 1 is 1.09 bits per heavy atom. The summed E-state index contributed by atoms with van der Waals surface area (Å²) in [5, 5.41) is 9.34.